The fraction of sp³-hybridized carbons (Fsp3) is 0.364. The van der Waals surface area contributed by atoms with Crippen molar-refractivity contribution in [2.24, 2.45) is 0 Å². The zero-order valence-electron chi connectivity index (χ0n) is 9.72. The number of aromatic nitrogens is 4. The maximum atomic E-state index is 11.6. The standard InChI is InChI=1S/C11H13BrN4O/c1-3-16-9(11(12)8(2)14-16)6-15-7-13-5-4-10(15)17/h4-5,7H,3,6H2,1-2H3. The van der Waals surface area contributed by atoms with E-state index in [2.05, 4.69) is 26.0 Å². The Balaban J connectivity index is 2.43. The molecular weight excluding hydrogens is 284 g/mol. The summed E-state index contributed by atoms with van der Waals surface area (Å²) in [6.07, 6.45) is 3.04. The Hall–Kier alpha value is -1.43. The third-order valence-electron chi connectivity index (χ3n) is 2.57. The minimum absolute atomic E-state index is 0.0617. The highest BCUT2D eigenvalue weighted by Crippen LogP contribution is 2.21. The van der Waals surface area contributed by atoms with Crippen LogP contribution in [0.15, 0.2) is 27.9 Å². The summed E-state index contributed by atoms with van der Waals surface area (Å²) in [6.45, 7) is 5.21. The van der Waals surface area contributed by atoms with Crippen LogP contribution in [0.25, 0.3) is 0 Å². The molecule has 0 aliphatic carbocycles. The topological polar surface area (TPSA) is 52.7 Å². The molecule has 0 unspecified atom stereocenters. The van der Waals surface area contributed by atoms with E-state index in [1.165, 1.54) is 18.6 Å². The van der Waals surface area contributed by atoms with Gasteiger partial charge in [0.25, 0.3) is 5.56 Å². The Labute approximate surface area is 107 Å². The molecule has 17 heavy (non-hydrogen) atoms. The summed E-state index contributed by atoms with van der Waals surface area (Å²) in [5.41, 5.74) is 1.85. The molecule has 0 spiro atoms. The summed E-state index contributed by atoms with van der Waals surface area (Å²) >= 11 is 3.50. The Morgan fingerprint density at radius 1 is 1.47 bits per heavy atom. The van der Waals surface area contributed by atoms with Crippen LogP contribution in [0.1, 0.15) is 18.3 Å². The van der Waals surface area contributed by atoms with Gasteiger partial charge in [-0.1, -0.05) is 0 Å². The molecule has 6 heteroatoms. The van der Waals surface area contributed by atoms with Crippen molar-refractivity contribution in [1.82, 2.24) is 19.3 Å². The maximum Gasteiger partial charge on any atom is 0.253 e. The Morgan fingerprint density at radius 3 is 2.88 bits per heavy atom. The van der Waals surface area contributed by atoms with Crippen molar-refractivity contribution in [2.75, 3.05) is 0 Å². The second-order valence-electron chi connectivity index (χ2n) is 3.71. The molecule has 2 heterocycles. The zero-order valence-corrected chi connectivity index (χ0v) is 11.3. The number of hydrogen-bond donors (Lipinski definition) is 0. The van der Waals surface area contributed by atoms with Crippen molar-refractivity contribution >= 4 is 15.9 Å². The van der Waals surface area contributed by atoms with Crippen molar-refractivity contribution in [3.8, 4) is 0 Å². The van der Waals surface area contributed by atoms with E-state index in [0.29, 0.717) is 6.54 Å². The number of rotatable bonds is 3. The highest BCUT2D eigenvalue weighted by atomic mass is 79.9. The molecule has 0 radical (unpaired) electrons. The van der Waals surface area contributed by atoms with Gasteiger partial charge in [-0.2, -0.15) is 5.10 Å². The lowest BCUT2D eigenvalue weighted by molar-refractivity contribution is 0.587. The lowest BCUT2D eigenvalue weighted by atomic mass is 10.3. The summed E-state index contributed by atoms with van der Waals surface area (Å²) in [7, 11) is 0. The molecule has 5 nitrogen and oxygen atoms in total. The first-order chi connectivity index (χ1) is 8.13. The lowest BCUT2D eigenvalue weighted by Crippen LogP contribution is -2.21. The van der Waals surface area contributed by atoms with Gasteiger partial charge in [-0.05, 0) is 29.8 Å². The molecule has 90 valence electrons. The first-order valence-electron chi connectivity index (χ1n) is 5.35. The van der Waals surface area contributed by atoms with Crippen molar-refractivity contribution in [3.63, 3.8) is 0 Å². The molecular formula is C11H13BrN4O. The molecule has 0 amide bonds. The fourth-order valence-electron chi connectivity index (χ4n) is 1.68. The molecule has 2 aromatic rings. The monoisotopic (exact) mass is 296 g/mol. The first kappa shape index (κ1) is 12.0. The molecule has 0 aromatic carbocycles. The van der Waals surface area contributed by atoms with Crippen LogP contribution in [-0.4, -0.2) is 19.3 Å². The van der Waals surface area contributed by atoms with E-state index in [1.807, 2.05) is 18.5 Å². The van der Waals surface area contributed by atoms with E-state index in [4.69, 9.17) is 0 Å². The van der Waals surface area contributed by atoms with Crippen LogP contribution in [-0.2, 0) is 13.1 Å². The van der Waals surface area contributed by atoms with E-state index in [0.717, 1.165) is 22.4 Å². The largest absolute Gasteiger partial charge is 0.293 e. The van der Waals surface area contributed by atoms with E-state index >= 15 is 0 Å². The van der Waals surface area contributed by atoms with Gasteiger partial charge in [0.1, 0.15) is 0 Å². The lowest BCUT2D eigenvalue weighted by Gasteiger charge is -2.07. The number of hydrogen-bond acceptors (Lipinski definition) is 3. The van der Waals surface area contributed by atoms with Gasteiger partial charge < -0.3 is 0 Å². The van der Waals surface area contributed by atoms with E-state index in [-0.39, 0.29) is 5.56 Å². The second-order valence-corrected chi connectivity index (χ2v) is 4.50. The summed E-state index contributed by atoms with van der Waals surface area (Å²) in [6, 6.07) is 1.45. The van der Waals surface area contributed by atoms with Crippen LogP contribution < -0.4 is 5.56 Å². The van der Waals surface area contributed by atoms with Gasteiger partial charge in [0, 0.05) is 18.8 Å². The summed E-state index contributed by atoms with van der Waals surface area (Å²) < 4.78 is 4.40. The fourth-order valence-corrected chi connectivity index (χ4v) is 2.09. The number of nitrogens with zero attached hydrogens (tertiary/aromatic N) is 4. The van der Waals surface area contributed by atoms with Crippen molar-refractivity contribution < 1.29 is 0 Å². The molecule has 0 aliphatic heterocycles. The van der Waals surface area contributed by atoms with Gasteiger partial charge in [0.05, 0.1) is 28.7 Å². The first-order valence-corrected chi connectivity index (χ1v) is 6.15. The molecule has 0 bridgehead atoms. The van der Waals surface area contributed by atoms with Gasteiger partial charge in [-0.25, -0.2) is 4.98 Å². The highest BCUT2D eigenvalue weighted by molar-refractivity contribution is 9.10. The van der Waals surface area contributed by atoms with Crippen LogP contribution in [0.4, 0.5) is 0 Å². The maximum absolute atomic E-state index is 11.6. The SMILES string of the molecule is CCn1nc(C)c(Br)c1Cn1cnccc1=O. The van der Waals surface area contributed by atoms with Crippen molar-refractivity contribution in [1.29, 1.82) is 0 Å². The average molecular weight is 297 g/mol. The van der Waals surface area contributed by atoms with E-state index in [1.54, 1.807) is 4.57 Å². The molecule has 0 fully saturated rings. The predicted octanol–water partition coefficient (Wildman–Crippen LogP) is 1.58. The van der Waals surface area contributed by atoms with E-state index < -0.39 is 0 Å². The molecule has 0 saturated heterocycles. The summed E-state index contributed by atoms with van der Waals surface area (Å²) in [5.74, 6) is 0. The van der Waals surface area contributed by atoms with Crippen LogP contribution in [0, 0.1) is 6.92 Å². The predicted molar refractivity (Wildman–Crippen MR) is 67.9 cm³/mol. The van der Waals surface area contributed by atoms with Crippen molar-refractivity contribution in [2.45, 2.75) is 26.9 Å². The third-order valence-corrected chi connectivity index (χ3v) is 3.60. The van der Waals surface area contributed by atoms with Gasteiger partial charge in [-0.3, -0.25) is 14.0 Å². The molecule has 0 atom stereocenters. The Bertz CT molecular complexity index is 587. The second kappa shape index (κ2) is 4.83. The van der Waals surface area contributed by atoms with Crippen LogP contribution >= 0.6 is 15.9 Å². The highest BCUT2D eigenvalue weighted by Gasteiger charge is 2.12. The van der Waals surface area contributed by atoms with Gasteiger partial charge >= 0.3 is 0 Å². The number of halogens is 1. The van der Waals surface area contributed by atoms with E-state index in [9.17, 15) is 4.79 Å². The van der Waals surface area contributed by atoms with Gasteiger partial charge in [0.15, 0.2) is 0 Å². The number of aryl methyl sites for hydroxylation is 2. The van der Waals surface area contributed by atoms with Crippen LogP contribution in [0.3, 0.4) is 0 Å². The van der Waals surface area contributed by atoms with Crippen molar-refractivity contribution in [3.05, 3.63) is 44.8 Å². The summed E-state index contributed by atoms with van der Waals surface area (Å²) in [4.78, 5) is 15.6. The molecule has 0 N–H and O–H groups in total. The van der Waals surface area contributed by atoms with Crippen LogP contribution in [0.2, 0.25) is 0 Å². The smallest absolute Gasteiger partial charge is 0.253 e. The molecule has 2 rings (SSSR count). The summed E-state index contributed by atoms with van der Waals surface area (Å²) in [5, 5.41) is 4.39. The van der Waals surface area contributed by atoms with Gasteiger partial charge in [-0.15, -0.1) is 0 Å². The normalized spacial score (nSPS) is 10.8. The minimum Gasteiger partial charge on any atom is -0.293 e. The van der Waals surface area contributed by atoms with Crippen LogP contribution in [0.5, 0.6) is 0 Å². The molecule has 0 aliphatic rings. The minimum atomic E-state index is -0.0617. The third kappa shape index (κ3) is 2.31. The quantitative estimate of drug-likeness (QED) is 0.864. The molecule has 2 aromatic heterocycles. The zero-order chi connectivity index (χ0) is 12.4. The molecule has 0 saturated carbocycles. The Kier molecular flexibility index (Phi) is 3.42. The van der Waals surface area contributed by atoms with Gasteiger partial charge in [0.2, 0.25) is 0 Å². The average Bonchev–Trinajstić information content (AvgIpc) is 2.59. The Morgan fingerprint density at radius 2 is 2.24 bits per heavy atom.